The molecule has 2 aromatic rings. The Labute approximate surface area is 153 Å². The van der Waals surface area contributed by atoms with Crippen LogP contribution in [0.15, 0.2) is 6.07 Å². The Bertz CT molecular complexity index is 853. The second kappa shape index (κ2) is 6.32. The molecule has 1 unspecified atom stereocenters. The van der Waals surface area contributed by atoms with E-state index in [4.69, 9.17) is 4.74 Å². The highest BCUT2D eigenvalue weighted by molar-refractivity contribution is 5.98. The molecule has 4 rings (SSSR count). The molecule has 0 saturated carbocycles. The highest BCUT2D eigenvalue weighted by Gasteiger charge is 2.45. The zero-order valence-corrected chi connectivity index (χ0v) is 16.1. The Kier molecular flexibility index (Phi) is 4.23. The van der Waals surface area contributed by atoms with Crippen molar-refractivity contribution >= 4 is 16.9 Å². The van der Waals surface area contributed by atoms with E-state index in [9.17, 15) is 4.79 Å². The van der Waals surface area contributed by atoms with Gasteiger partial charge in [-0.05, 0) is 32.9 Å². The number of hydrogen-bond acceptors (Lipinski definition) is 5. The number of carbonyl (C=O) groups is 1. The van der Waals surface area contributed by atoms with Crippen LogP contribution in [0.25, 0.3) is 11.0 Å². The van der Waals surface area contributed by atoms with Gasteiger partial charge in [0.15, 0.2) is 5.65 Å². The topological polar surface area (TPSA) is 63.5 Å². The van der Waals surface area contributed by atoms with Crippen LogP contribution >= 0.6 is 0 Å². The molecule has 0 aliphatic carbocycles. The fraction of sp³-hybridized carbons (Fsp3) is 0.632. The van der Waals surface area contributed by atoms with Gasteiger partial charge in [-0.25, -0.2) is 4.98 Å². The molecule has 7 heteroatoms. The molecule has 2 aliphatic rings. The number of piperazine rings is 1. The third kappa shape index (κ3) is 2.61. The number of hydrogen-bond donors (Lipinski definition) is 0. The van der Waals surface area contributed by atoms with Crippen LogP contribution in [-0.2, 0) is 11.8 Å². The zero-order chi connectivity index (χ0) is 18.5. The summed E-state index contributed by atoms with van der Waals surface area (Å²) in [5, 5.41) is 5.38. The normalized spacial score (nSPS) is 24.1. The molecule has 140 valence electrons. The van der Waals surface area contributed by atoms with Crippen molar-refractivity contribution in [3.63, 3.8) is 0 Å². The van der Waals surface area contributed by atoms with E-state index in [1.54, 1.807) is 4.68 Å². The summed E-state index contributed by atoms with van der Waals surface area (Å²) < 4.78 is 7.48. The van der Waals surface area contributed by atoms with Gasteiger partial charge < -0.3 is 9.64 Å². The van der Waals surface area contributed by atoms with E-state index in [1.807, 2.05) is 31.9 Å². The van der Waals surface area contributed by atoms with Gasteiger partial charge in [0.25, 0.3) is 5.91 Å². The van der Waals surface area contributed by atoms with E-state index in [1.165, 1.54) is 0 Å². The number of carbonyl (C=O) groups excluding carboxylic acids is 1. The summed E-state index contributed by atoms with van der Waals surface area (Å²) in [7, 11) is 1.89. The largest absolute Gasteiger partial charge is 0.379 e. The molecule has 26 heavy (non-hydrogen) atoms. The molecule has 1 amide bonds. The highest BCUT2D eigenvalue weighted by atomic mass is 16.5. The fourth-order valence-corrected chi connectivity index (χ4v) is 4.47. The van der Waals surface area contributed by atoms with E-state index in [0.29, 0.717) is 12.2 Å². The van der Waals surface area contributed by atoms with Gasteiger partial charge in [0.1, 0.15) is 0 Å². The van der Waals surface area contributed by atoms with Gasteiger partial charge in [-0.15, -0.1) is 0 Å². The van der Waals surface area contributed by atoms with E-state index >= 15 is 0 Å². The third-order valence-electron chi connectivity index (χ3n) is 5.97. The van der Waals surface area contributed by atoms with Gasteiger partial charge in [0.2, 0.25) is 0 Å². The van der Waals surface area contributed by atoms with E-state index < -0.39 is 0 Å². The SMILES string of the molecule is CCN1CCN(C(=O)c2cc3c(C)nn(C)c3nc2C)CC12CCOC2. The lowest BCUT2D eigenvalue weighted by atomic mass is 9.92. The number of ether oxygens (including phenoxy) is 1. The summed E-state index contributed by atoms with van der Waals surface area (Å²) in [5.41, 5.74) is 3.15. The predicted molar refractivity (Wildman–Crippen MR) is 99.3 cm³/mol. The maximum atomic E-state index is 13.3. The third-order valence-corrected chi connectivity index (χ3v) is 5.97. The fourth-order valence-electron chi connectivity index (χ4n) is 4.47. The first-order valence-electron chi connectivity index (χ1n) is 9.38. The van der Waals surface area contributed by atoms with Crippen molar-refractivity contribution in [2.24, 2.45) is 7.05 Å². The maximum absolute atomic E-state index is 13.3. The molecule has 0 aromatic carbocycles. The van der Waals surface area contributed by atoms with Crippen LogP contribution in [-0.4, -0.2) is 75.4 Å². The summed E-state index contributed by atoms with van der Waals surface area (Å²) in [6.45, 7) is 10.9. The van der Waals surface area contributed by atoms with E-state index in [0.717, 1.165) is 61.6 Å². The standard InChI is InChI=1S/C19H27N5O2/c1-5-24-8-7-23(11-19(24)6-9-26-12-19)18(25)16-10-15-14(3)21-22(4)17(15)20-13(16)2/h10H,5-9,11-12H2,1-4H3. The van der Waals surface area contributed by atoms with Gasteiger partial charge in [0, 0.05) is 38.7 Å². The van der Waals surface area contributed by atoms with Crippen molar-refractivity contribution in [3.05, 3.63) is 23.0 Å². The molecule has 0 N–H and O–H groups in total. The van der Waals surface area contributed by atoms with E-state index in [2.05, 4.69) is 21.9 Å². The van der Waals surface area contributed by atoms with Crippen LogP contribution in [0.4, 0.5) is 0 Å². The molecular weight excluding hydrogens is 330 g/mol. The molecule has 0 radical (unpaired) electrons. The maximum Gasteiger partial charge on any atom is 0.255 e. The van der Waals surface area contributed by atoms with E-state index in [-0.39, 0.29) is 11.4 Å². The number of likely N-dealkylation sites (N-methyl/N-ethyl adjacent to an activating group) is 1. The average Bonchev–Trinajstić information content (AvgIpc) is 3.19. The molecule has 2 aliphatic heterocycles. The Hall–Kier alpha value is -1.99. The van der Waals surface area contributed by atoms with Gasteiger partial charge >= 0.3 is 0 Å². The van der Waals surface area contributed by atoms with Crippen molar-refractivity contribution < 1.29 is 9.53 Å². The minimum absolute atomic E-state index is 0.0295. The van der Waals surface area contributed by atoms with Crippen molar-refractivity contribution in [3.8, 4) is 0 Å². The van der Waals surface area contributed by atoms with Crippen LogP contribution in [0.1, 0.15) is 35.1 Å². The number of rotatable bonds is 2. The summed E-state index contributed by atoms with van der Waals surface area (Å²) in [6.07, 6.45) is 0.989. The molecule has 4 heterocycles. The van der Waals surface area contributed by atoms with Crippen LogP contribution in [0.3, 0.4) is 0 Å². The summed E-state index contributed by atoms with van der Waals surface area (Å²) in [4.78, 5) is 22.4. The second-order valence-electron chi connectivity index (χ2n) is 7.53. The first-order valence-corrected chi connectivity index (χ1v) is 9.38. The minimum atomic E-state index is -0.0295. The highest BCUT2D eigenvalue weighted by Crippen LogP contribution is 2.31. The number of pyridine rings is 1. The van der Waals surface area contributed by atoms with Gasteiger partial charge in [-0.2, -0.15) is 5.10 Å². The lowest BCUT2D eigenvalue weighted by Gasteiger charge is -2.48. The molecular formula is C19H27N5O2. The number of aryl methyl sites for hydroxylation is 3. The van der Waals surface area contributed by atoms with Gasteiger partial charge in [-0.1, -0.05) is 6.92 Å². The van der Waals surface area contributed by atoms with Crippen LogP contribution in [0.5, 0.6) is 0 Å². The zero-order valence-electron chi connectivity index (χ0n) is 16.1. The molecule has 0 bridgehead atoms. The van der Waals surface area contributed by atoms with Crippen LogP contribution in [0.2, 0.25) is 0 Å². The number of fused-ring (bicyclic) bond motifs is 1. The lowest BCUT2D eigenvalue weighted by molar-refractivity contribution is -0.00227. The van der Waals surface area contributed by atoms with Gasteiger partial charge in [-0.3, -0.25) is 14.4 Å². The molecule has 7 nitrogen and oxygen atoms in total. The monoisotopic (exact) mass is 357 g/mol. The minimum Gasteiger partial charge on any atom is -0.379 e. The Morgan fingerprint density at radius 1 is 1.31 bits per heavy atom. The van der Waals surface area contributed by atoms with Crippen molar-refractivity contribution in [2.45, 2.75) is 32.7 Å². The first-order chi connectivity index (χ1) is 12.4. The summed E-state index contributed by atoms with van der Waals surface area (Å²) in [6, 6.07) is 1.96. The number of nitrogens with zero attached hydrogens (tertiary/aromatic N) is 5. The predicted octanol–water partition coefficient (Wildman–Crippen LogP) is 1.52. The summed E-state index contributed by atoms with van der Waals surface area (Å²) >= 11 is 0. The molecule has 2 aromatic heterocycles. The van der Waals surface area contributed by atoms with Gasteiger partial charge in [0.05, 0.1) is 29.1 Å². The molecule has 2 saturated heterocycles. The van der Waals surface area contributed by atoms with Crippen molar-refractivity contribution in [1.29, 1.82) is 0 Å². The number of aromatic nitrogens is 3. The molecule has 1 spiro atoms. The van der Waals surface area contributed by atoms with Crippen molar-refractivity contribution in [2.75, 3.05) is 39.4 Å². The molecule has 2 fully saturated rings. The Morgan fingerprint density at radius 3 is 2.81 bits per heavy atom. The quantitative estimate of drug-likeness (QED) is 0.815. The number of amides is 1. The lowest BCUT2D eigenvalue weighted by Crippen LogP contribution is -2.63. The molecule has 1 atom stereocenters. The Balaban J connectivity index is 1.66. The second-order valence-corrected chi connectivity index (χ2v) is 7.53. The van der Waals surface area contributed by atoms with Crippen LogP contribution in [0, 0.1) is 13.8 Å². The first kappa shape index (κ1) is 17.4. The Morgan fingerprint density at radius 2 is 2.12 bits per heavy atom. The average molecular weight is 357 g/mol. The van der Waals surface area contributed by atoms with Crippen LogP contribution < -0.4 is 0 Å². The smallest absolute Gasteiger partial charge is 0.255 e. The van der Waals surface area contributed by atoms with Crippen molar-refractivity contribution in [1.82, 2.24) is 24.6 Å². The summed E-state index contributed by atoms with van der Waals surface area (Å²) in [5.74, 6) is 0.0715.